The fourth-order valence-corrected chi connectivity index (χ4v) is 0. The second-order valence-corrected chi connectivity index (χ2v) is 0.385. The maximum absolute atomic E-state index is 4.72. The van der Waals surface area contributed by atoms with Crippen LogP contribution in [0.3, 0.4) is 0 Å². The van der Waals surface area contributed by atoms with Gasteiger partial charge in [0.2, 0.25) is 0 Å². The van der Waals surface area contributed by atoms with Crippen LogP contribution in [0.15, 0.2) is 12.2 Å². The van der Waals surface area contributed by atoms with E-state index >= 15 is 0 Å². The molecular weight excluding hydrogens is 243 g/mol. The molecule has 0 N–H and O–H groups in total. The fourth-order valence-electron chi connectivity index (χ4n) is 0. The first-order valence-corrected chi connectivity index (χ1v) is 1.00. The monoisotopic (exact) mass is 247 g/mol. The van der Waals surface area contributed by atoms with Crippen LogP contribution in [-0.4, -0.2) is 0 Å². The molecule has 0 fully saturated rings. The van der Waals surface area contributed by atoms with Gasteiger partial charge in [0.25, 0.3) is 0 Å². The molecule has 0 aliphatic heterocycles. The van der Waals surface area contributed by atoms with E-state index in [1.807, 2.05) is 0 Å². The molecule has 5 heavy (non-hydrogen) atoms. The van der Waals surface area contributed by atoms with Crippen LogP contribution >= 0.6 is 0 Å². The quantitative estimate of drug-likeness (QED) is 0.478. The first-order valence-electron chi connectivity index (χ1n) is 1.00. The predicted molar refractivity (Wildman–Crippen MR) is 17.7 cm³/mol. The van der Waals surface area contributed by atoms with Crippen LogP contribution in [0.4, 0.5) is 0 Å². The van der Waals surface area contributed by atoms with Crippen molar-refractivity contribution >= 4 is 0 Å². The molecule has 0 aliphatic carbocycles. The molecule has 0 aromatic rings. The van der Waals surface area contributed by atoms with Crippen molar-refractivity contribution in [3.8, 4) is 0 Å². The Kier molecular flexibility index (Phi) is 15.9. The molecule has 0 radical (unpaired) electrons. The standard InChI is InChI=1S/C4H4.Pt/c1-3-4-2;/h1-4H;/q-2;+2. The zero-order chi connectivity index (χ0) is 3.41. The van der Waals surface area contributed by atoms with Gasteiger partial charge in [-0.3, -0.25) is 0 Å². The molecule has 0 saturated heterocycles. The summed E-state index contributed by atoms with van der Waals surface area (Å²) < 4.78 is 0. The van der Waals surface area contributed by atoms with Gasteiger partial charge in [-0.1, -0.05) is 0 Å². The number of hydrogen-bond donors (Lipinski definition) is 0. The smallest absolute Gasteiger partial charge is 0.394 e. The number of rotatable bonds is 1. The second kappa shape index (κ2) is 8.90. The Morgan fingerprint density at radius 3 is 1.20 bits per heavy atom. The summed E-state index contributed by atoms with van der Waals surface area (Å²) >= 11 is 0. The molecule has 0 aromatic heterocycles. The summed E-state index contributed by atoms with van der Waals surface area (Å²) in [4.78, 5) is 0. The third-order valence-electron chi connectivity index (χ3n) is 0.111. The van der Waals surface area contributed by atoms with E-state index in [1.165, 1.54) is 12.2 Å². The number of allylic oxidation sites excluding steroid dienone is 2. The van der Waals surface area contributed by atoms with E-state index in [2.05, 4.69) is 0 Å². The summed E-state index contributed by atoms with van der Waals surface area (Å²) in [5.74, 6) is 0. The van der Waals surface area contributed by atoms with Crippen molar-refractivity contribution in [3.63, 3.8) is 0 Å². The van der Waals surface area contributed by atoms with E-state index in [4.69, 9.17) is 13.2 Å². The predicted octanol–water partition coefficient (Wildman–Crippen LogP) is 0.962. The van der Waals surface area contributed by atoms with E-state index in [9.17, 15) is 0 Å². The van der Waals surface area contributed by atoms with Gasteiger partial charge in [-0.05, 0) is 0 Å². The van der Waals surface area contributed by atoms with Crippen molar-refractivity contribution in [1.29, 1.82) is 0 Å². The number of hydrogen-bond acceptors (Lipinski definition) is 0. The summed E-state index contributed by atoms with van der Waals surface area (Å²) in [6.07, 6.45) is 2.56. The van der Waals surface area contributed by atoms with Crippen molar-refractivity contribution in [3.05, 3.63) is 25.3 Å². The molecule has 0 unspecified atom stereocenters. The molecule has 0 amide bonds. The van der Waals surface area contributed by atoms with Crippen LogP contribution in [0.25, 0.3) is 0 Å². The molecular formula is C4H4Pt. The Labute approximate surface area is 46.8 Å². The van der Waals surface area contributed by atoms with E-state index < -0.39 is 0 Å². The minimum atomic E-state index is 0. The molecule has 1 heteroatoms. The molecule has 0 aliphatic rings. The van der Waals surface area contributed by atoms with E-state index in [0.717, 1.165) is 0 Å². The van der Waals surface area contributed by atoms with Crippen LogP contribution < -0.4 is 0 Å². The van der Waals surface area contributed by atoms with Gasteiger partial charge >= 0.3 is 21.1 Å². The molecule has 0 heterocycles. The Hall–Kier alpha value is 0.168. The van der Waals surface area contributed by atoms with Gasteiger partial charge in [-0.25, -0.2) is 0 Å². The van der Waals surface area contributed by atoms with E-state index in [1.54, 1.807) is 0 Å². The average molecular weight is 247 g/mol. The van der Waals surface area contributed by atoms with E-state index in [0.29, 0.717) is 0 Å². The topological polar surface area (TPSA) is 0 Å². The van der Waals surface area contributed by atoms with Crippen LogP contribution in [-0.2, 0) is 21.1 Å². The van der Waals surface area contributed by atoms with Crippen molar-refractivity contribution < 1.29 is 21.1 Å². The molecule has 0 nitrogen and oxygen atoms in total. The van der Waals surface area contributed by atoms with Crippen molar-refractivity contribution in [1.82, 2.24) is 0 Å². The minimum Gasteiger partial charge on any atom is -0.394 e. The molecule has 0 rings (SSSR count). The summed E-state index contributed by atoms with van der Waals surface area (Å²) in [7, 11) is 0. The SMILES string of the molecule is [CH-]=CC=[CH-].[Pt+2]. The first kappa shape index (κ1) is 8.95. The van der Waals surface area contributed by atoms with Gasteiger partial charge in [0, 0.05) is 0 Å². The Morgan fingerprint density at radius 2 is 1.20 bits per heavy atom. The van der Waals surface area contributed by atoms with Crippen molar-refractivity contribution in [2.24, 2.45) is 0 Å². The van der Waals surface area contributed by atoms with Crippen molar-refractivity contribution in [2.75, 3.05) is 0 Å². The van der Waals surface area contributed by atoms with Gasteiger partial charge < -0.3 is 25.3 Å². The molecule has 0 aromatic carbocycles. The molecule has 0 spiro atoms. The third-order valence-corrected chi connectivity index (χ3v) is 0.111. The Morgan fingerprint density at radius 1 is 1.00 bits per heavy atom. The largest absolute Gasteiger partial charge is 2.00 e. The maximum atomic E-state index is 4.72. The normalized spacial score (nSPS) is 4.00. The summed E-state index contributed by atoms with van der Waals surface area (Å²) in [5.41, 5.74) is 0. The molecule has 0 atom stereocenters. The van der Waals surface area contributed by atoms with Gasteiger partial charge in [-0.2, -0.15) is 0 Å². The van der Waals surface area contributed by atoms with Gasteiger partial charge in [0.05, 0.1) is 0 Å². The molecule has 30 valence electrons. The fraction of sp³-hybridized carbons (Fsp3) is 0. The summed E-state index contributed by atoms with van der Waals surface area (Å²) in [6, 6.07) is 0. The average Bonchev–Trinajstić information content (AvgIpc) is 1.37. The summed E-state index contributed by atoms with van der Waals surface area (Å²) in [6.45, 7) is 9.44. The second-order valence-electron chi connectivity index (χ2n) is 0.385. The van der Waals surface area contributed by atoms with E-state index in [-0.39, 0.29) is 21.1 Å². The zero-order valence-corrected chi connectivity index (χ0v) is 4.90. The van der Waals surface area contributed by atoms with Crippen molar-refractivity contribution in [2.45, 2.75) is 0 Å². The van der Waals surface area contributed by atoms with Crippen LogP contribution in [0.1, 0.15) is 0 Å². The minimum absolute atomic E-state index is 0. The maximum Gasteiger partial charge on any atom is 2.00 e. The summed E-state index contributed by atoms with van der Waals surface area (Å²) in [5, 5.41) is 0. The Bertz CT molecular complexity index is 24.6. The molecule has 0 bridgehead atoms. The van der Waals surface area contributed by atoms with Crippen LogP contribution in [0.5, 0.6) is 0 Å². The Balaban J connectivity index is 0. The third kappa shape index (κ3) is 14.4. The zero-order valence-electron chi connectivity index (χ0n) is 2.63. The van der Waals surface area contributed by atoms with Gasteiger partial charge in [0.15, 0.2) is 0 Å². The molecule has 0 saturated carbocycles. The van der Waals surface area contributed by atoms with Crippen LogP contribution in [0.2, 0.25) is 0 Å². The first-order chi connectivity index (χ1) is 1.91. The van der Waals surface area contributed by atoms with Gasteiger partial charge in [-0.15, -0.1) is 0 Å². The van der Waals surface area contributed by atoms with Crippen LogP contribution in [0, 0.1) is 13.2 Å². The van der Waals surface area contributed by atoms with Gasteiger partial charge in [0.1, 0.15) is 0 Å².